The van der Waals surface area contributed by atoms with Crippen LogP contribution in [0, 0.1) is 35.5 Å². The number of hydrogen-bond acceptors (Lipinski definition) is 3. The van der Waals surface area contributed by atoms with Gasteiger partial charge in [-0.2, -0.15) is 5.26 Å². The molecule has 0 radical (unpaired) electrons. The van der Waals surface area contributed by atoms with Crippen LogP contribution in [0.4, 0.5) is 0 Å². The van der Waals surface area contributed by atoms with Crippen LogP contribution in [-0.2, 0) is 9.53 Å². The van der Waals surface area contributed by atoms with Crippen LogP contribution >= 0.6 is 31.9 Å². The van der Waals surface area contributed by atoms with Crippen molar-refractivity contribution in [2.75, 3.05) is 0 Å². The lowest BCUT2D eigenvalue weighted by atomic mass is 9.88. The summed E-state index contributed by atoms with van der Waals surface area (Å²) in [6.07, 6.45) is 7.99. The molecule has 0 aromatic heterocycles. The average Bonchev–Trinajstić information content (AvgIpc) is 3.20. The van der Waals surface area contributed by atoms with E-state index in [-0.39, 0.29) is 23.2 Å². The minimum atomic E-state index is -0.884. The highest BCUT2D eigenvalue weighted by molar-refractivity contribution is 9.28. The molecule has 1 aromatic carbocycles. The Morgan fingerprint density at radius 1 is 1.36 bits per heavy atom. The van der Waals surface area contributed by atoms with Crippen LogP contribution in [0.2, 0.25) is 0 Å². The van der Waals surface area contributed by atoms with Crippen molar-refractivity contribution in [3.8, 4) is 6.07 Å². The minimum Gasteiger partial charge on any atom is -0.442 e. The van der Waals surface area contributed by atoms with E-state index in [1.54, 1.807) is 0 Å². The first-order valence-electron chi connectivity index (χ1n) is 9.69. The van der Waals surface area contributed by atoms with Gasteiger partial charge in [-0.3, -0.25) is 4.79 Å². The van der Waals surface area contributed by atoms with Crippen molar-refractivity contribution in [1.29, 1.82) is 5.26 Å². The van der Waals surface area contributed by atoms with Gasteiger partial charge in [0.15, 0.2) is 0 Å². The Morgan fingerprint density at radius 2 is 2.11 bits per heavy atom. The molecule has 1 fully saturated rings. The van der Waals surface area contributed by atoms with E-state index in [1.165, 1.54) is 24.0 Å². The molecule has 0 saturated heterocycles. The minimum absolute atomic E-state index is 0.0907. The fourth-order valence-corrected chi connectivity index (χ4v) is 4.86. The summed E-state index contributed by atoms with van der Waals surface area (Å²) in [5, 5.41) is 9.73. The molecule has 148 valence electrons. The Kier molecular flexibility index (Phi) is 6.51. The average molecular weight is 507 g/mol. The fraction of sp³-hybridized carbons (Fsp3) is 0.478. The van der Waals surface area contributed by atoms with Crippen LogP contribution < -0.4 is 0 Å². The molecule has 3 rings (SSSR count). The summed E-state index contributed by atoms with van der Waals surface area (Å²) in [6, 6.07) is 8.15. The summed E-state index contributed by atoms with van der Waals surface area (Å²) < 4.78 is 6.53. The molecule has 3 atom stereocenters. The zero-order chi connectivity index (χ0) is 20.5. The van der Waals surface area contributed by atoms with Crippen LogP contribution in [0.1, 0.15) is 62.3 Å². The number of benzene rings is 1. The first kappa shape index (κ1) is 21.3. The van der Waals surface area contributed by atoms with Crippen molar-refractivity contribution < 1.29 is 9.53 Å². The first-order valence-corrected chi connectivity index (χ1v) is 11.3. The van der Waals surface area contributed by atoms with Gasteiger partial charge in [0, 0.05) is 5.56 Å². The van der Waals surface area contributed by atoms with Gasteiger partial charge in [-0.25, -0.2) is 0 Å². The van der Waals surface area contributed by atoms with Crippen molar-refractivity contribution in [2.24, 2.45) is 17.3 Å². The Bertz CT molecular complexity index is 875. The molecule has 0 amide bonds. The van der Waals surface area contributed by atoms with Gasteiger partial charge in [-0.05, 0) is 92.5 Å². The zero-order valence-electron chi connectivity index (χ0n) is 16.5. The van der Waals surface area contributed by atoms with Crippen LogP contribution in [0.15, 0.2) is 33.7 Å². The number of esters is 1. The molecule has 0 bridgehead atoms. The fourth-order valence-electron chi connectivity index (χ4n) is 4.29. The smallest absolute Gasteiger partial charge is 0.311 e. The maximum atomic E-state index is 12.8. The number of rotatable bonds is 5. The molecule has 0 N–H and O–H groups in total. The van der Waals surface area contributed by atoms with Crippen LogP contribution in [0.5, 0.6) is 0 Å². The third-order valence-corrected chi connectivity index (χ3v) is 6.65. The monoisotopic (exact) mass is 505 g/mol. The van der Waals surface area contributed by atoms with Gasteiger partial charge in [0.1, 0.15) is 6.07 Å². The van der Waals surface area contributed by atoms with Crippen molar-refractivity contribution in [2.45, 2.75) is 52.6 Å². The van der Waals surface area contributed by atoms with E-state index in [9.17, 15) is 10.1 Å². The van der Waals surface area contributed by atoms with Crippen molar-refractivity contribution >= 4 is 43.4 Å². The number of carbonyl (C=O) groups excluding carboxylic acids is 1. The number of hydrogen-bond donors (Lipinski definition) is 0. The molecule has 1 saturated carbocycles. The molecular formula is C23H25Br2NO2. The van der Waals surface area contributed by atoms with E-state index in [0.717, 1.165) is 27.4 Å². The largest absolute Gasteiger partial charge is 0.442 e. The lowest BCUT2D eigenvalue weighted by Gasteiger charge is -2.19. The summed E-state index contributed by atoms with van der Waals surface area (Å²) in [7, 11) is 0. The van der Waals surface area contributed by atoms with E-state index < -0.39 is 6.10 Å². The number of ether oxygens (including phenoxy) is 1. The molecule has 5 heteroatoms. The lowest BCUT2D eigenvalue weighted by Crippen LogP contribution is -2.15. The van der Waals surface area contributed by atoms with Gasteiger partial charge in [-0.1, -0.05) is 44.2 Å². The SMILES string of the molecule is Cc1c(C2=CCCCC2)cccc1C(C#N)OC(=O)C1C(C=C(Br)Br)C1(C)C. The second-order valence-electron chi connectivity index (χ2n) is 8.22. The summed E-state index contributed by atoms with van der Waals surface area (Å²) in [4.78, 5) is 12.8. The van der Waals surface area contributed by atoms with E-state index in [1.807, 2.05) is 39.0 Å². The van der Waals surface area contributed by atoms with Gasteiger partial charge < -0.3 is 4.74 Å². The van der Waals surface area contributed by atoms with Crippen molar-refractivity contribution in [3.63, 3.8) is 0 Å². The maximum Gasteiger partial charge on any atom is 0.311 e. The Labute approximate surface area is 184 Å². The maximum absolute atomic E-state index is 12.8. The standard InChI is InChI=1S/C23H25Br2NO2/c1-14-16(15-8-5-4-6-9-15)10-7-11-17(14)19(13-26)28-22(27)21-18(12-20(24)25)23(21,2)3/h7-8,10-12,18-19,21H,4-6,9H2,1-3H3. The number of halogens is 2. The van der Waals surface area contributed by atoms with Crippen LogP contribution in [0.3, 0.4) is 0 Å². The summed E-state index contributed by atoms with van der Waals surface area (Å²) in [5.41, 5.74) is 4.15. The van der Waals surface area contributed by atoms with Crippen molar-refractivity contribution in [1.82, 2.24) is 0 Å². The topological polar surface area (TPSA) is 50.1 Å². The Hall–Kier alpha value is -1.38. The highest BCUT2D eigenvalue weighted by atomic mass is 79.9. The van der Waals surface area contributed by atoms with E-state index >= 15 is 0 Å². The van der Waals surface area contributed by atoms with Crippen molar-refractivity contribution in [3.05, 3.63) is 50.4 Å². The normalized spacial score (nSPS) is 23.8. The molecule has 3 unspecified atom stereocenters. The van der Waals surface area contributed by atoms with Crippen LogP contribution in [-0.4, -0.2) is 5.97 Å². The molecule has 2 aliphatic carbocycles. The molecule has 28 heavy (non-hydrogen) atoms. The highest BCUT2D eigenvalue weighted by Gasteiger charge is 2.61. The number of nitriles is 1. The molecule has 3 nitrogen and oxygen atoms in total. The predicted octanol–water partition coefficient (Wildman–Crippen LogP) is 6.96. The second kappa shape index (κ2) is 8.55. The van der Waals surface area contributed by atoms with Gasteiger partial charge in [0.25, 0.3) is 0 Å². The highest BCUT2D eigenvalue weighted by Crippen LogP contribution is 2.60. The molecular weight excluding hydrogens is 482 g/mol. The van der Waals surface area contributed by atoms with Gasteiger partial charge in [0.2, 0.25) is 6.10 Å². The van der Waals surface area contributed by atoms with E-state index in [4.69, 9.17) is 4.74 Å². The summed E-state index contributed by atoms with van der Waals surface area (Å²) >= 11 is 6.74. The predicted molar refractivity (Wildman–Crippen MR) is 119 cm³/mol. The molecule has 1 aromatic rings. The molecule has 0 heterocycles. The first-order chi connectivity index (χ1) is 13.3. The Balaban J connectivity index is 1.81. The molecule has 0 aliphatic heterocycles. The Morgan fingerprint density at radius 3 is 2.71 bits per heavy atom. The van der Waals surface area contributed by atoms with E-state index in [2.05, 4.69) is 50.1 Å². The zero-order valence-corrected chi connectivity index (χ0v) is 19.6. The second-order valence-corrected chi connectivity index (χ2v) is 11.0. The van der Waals surface area contributed by atoms with Gasteiger partial charge >= 0.3 is 5.97 Å². The quantitative estimate of drug-likeness (QED) is 0.405. The lowest BCUT2D eigenvalue weighted by molar-refractivity contribution is -0.149. The molecule has 2 aliphatic rings. The summed E-state index contributed by atoms with van der Waals surface area (Å²) in [6.45, 7) is 6.12. The van der Waals surface area contributed by atoms with E-state index in [0.29, 0.717) is 0 Å². The van der Waals surface area contributed by atoms with Gasteiger partial charge in [0.05, 0.1) is 9.31 Å². The summed E-state index contributed by atoms with van der Waals surface area (Å²) in [5.74, 6) is -0.452. The third kappa shape index (κ3) is 4.28. The van der Waals surface area contributed by atoms with Gasteiger partial charge in [-0.15, -0.1) is 0 Å². The third-order valence-electron chi connectivity index (χ3n) is 6.12. The number of nitrogens with zero attached hydrogens (tertiary/aromatic N) is 1. The van der Waals surface area contributed by atoms with Crippen LogP contribution in [0.25, 0.3) is 5.57 Å². The number of carbonyl (C=O) groups is 1. The molecule has 0 spiro atoms. The number of allylic oxidation sites excluding steroid dienone is 3.